The number of hydrogen-bond acceptors (Lipinski definition) is 7. The molecular weight excluding hydrogens is 404 g/mol. The molecular formula is C23H22O6S. The molecule has 0 aliphatic carbocycles. The second-order valence-electron chi connectivity index (χ2n) is 6.77. The molecule has 3 aromatic rings. The second kappa shape index (κ2) is 9.54. The van der Waals surface area contributed by atoms with Gasteiger partial charge in [-0.25, -0.2) is 0 Å². The highest BCUT2D eigenvalue weighted by Crippen LogP contribution is 2.35. The summed E-state index contributed by atoms with van der Waals surface area (Å²) < 4.78 is 10.7. The Balaban J connectivity index is 1.98. The van der Waals surface area contributed by atoms with Crippen molar-refractivity contribution in [2.24, 2.45) is 0 Å². The lowest BCUT2D eigenvalue weighted by Gasteiger charge is -2.17. The van der Waals surface area contributed by atoms with Gasteiger partial charge in [0.2, 0.25) is 11.2 Å². The highest BCUT2D eigenvalue weighted by molar-refractivity contribution is 7.98. The Bertz CT molecular complexity index is 1090. The normalized spacial score (nSPS) is 11.8. The fraction of sp³-hybridized carbons (Fsp3) is 0.217. The van der Waals surface area contributed by atoms with E-state index in [0.717, 1.165) is 10.5 Å². The predicted molar refractivity (Wildman–Crippen MR) is 114 cm³/mol. The molecule has 2 aromatic carbocycles. The molecule has 0 spiro atoms. The van der Waals surface area contributed by atoms with Gasteiger partial charge in [-0.2, -0.15) is 0 Å². The van der Waals surface area contributed by atoms with Crippen LogP contribution in [0, 0.1) is 6.92 Å². The number of carbonyl (C=O) groups excluding carboxylic acids is 1. The third kappa shape index (κ3) is 5.04. The van der Waals surface area contributed by atoms with E-state index in [-0.39, 0.29) is 17.9 Å². The summed E-state index contributed by atoms with van der Waals surface area (Å²) in [7, 11) is 1.27. The van der Waals surface area contributed by atoms with E-state index < -0.39 is 23.1 Å². The summed E-state index contributed by atoms with van der Waals surface area (Å²) in [4.78, 5) is 25.5. The van der Waals surface area contributed by atoms with Crippen LogP contribution >= 0.6 is 11.8 Å². The average molecular weight is 426 g/mol. The Labute approximate surface area is 178 Å². The Morgan fingerprint density at radius 3 is 2.50 bits per heavy atom. The molecule has 1 atom stereocenters. The zero-order chi connectivity index (χ0) is 21.7. The minimum atomic E-state index is -0.742. The third-order valence-corrected chi connectivity index (χ3v) is 5.87. The summed E-state index contributed by atoms with van der Waals surface area (Å²) in [5.41, 5.74) is 1.13. The van der Waals surface area contributed by atoms with Crippen LogP contribution in [0.5, 0.6) is 11.5 Å². The zero-order valence-corrected chi connectivity index (χ0v) is 17.4. The van der Waals surface area contributed by atoms with E-state index >= 15 is 0 Å². The number of rotatable bonds is 7. The van der Waals surface area contributed by atoms with Gasteiger partial charge in [0.25, 0.3) is 0 Å². The summed E-state index contributed by atoms with van der Waals surface area (Å²) in [6, 6.07) is 15.3. The standard InChI is InChI=1S/C23H22O6S/c1-14-5-3-4-6-20(14)30-13-17-11-19(25)22(27)23(29-17)18(12-21(26)28-2)15-7-9-16(24)10-8-15/h3-11,18,24,27H,12-13H2,1-2H3/t18-/m0/s1. The van der Waals surface area contributed by atoms with E-state index in [9.17, 15) is 19.8 Å². The Kier molecular flexibility index (Phi) is 6.84. The molecule has 0 saturated heterocycles. The van der Waals surface area contributed by atoms with E-state index in [1.54, 1.807) is 12.1 Å². The van der Waals surface area contributed by atoms with Crippen molar-refractivity contribution in [3.8, 4) is 11.5 Å². The quantitative estimate of drug-likeness (QED) is 0.428. The molecule has 0 unspecified atom stereocenters. The fourth-order valence-electron chi connectivity index (χ4n) is 3.05. The summed E-state index contributed by atoms with van der Waals surface area (Å²) in [5, 5.41) is 20.0. The number of methoxy groups -OCH3 is 1. The topological polar surface area (TPSA) is 97.0 Å². The summed E-state index contributed by atoms with van der Waals surface area (Å²) in [5.74, 6) is -0.975. The molecule has 0 fully saturated rings. The van der Waals surface area contributed by atoms with Gasteiger partial charge in [0, 0.05) is 11.0 Å². The molecule has 6 nitrogen and oxygen atoms in total. The molecule has 2 N–H and O–H groups in total. The molecule has 0 aliphatic heterocycles. The highest BCUT2D eigenvalue weighted by Gasteiger charge is 2.26. The number of aromatic hydroxyl groups is 2. The molecule has 156 valence electrons. The first-order chi connectivity index (χ1) is 14.4. The van der Waals surface area contributed by atoms with Crippen LogP contribution in [0.15, 0.2) is 68.7 Å². The molecule has 1 aromatic heterocycles. The fourth-order valence-corrected chi connectivity index (χ4v) is 3.96. The molecule has 7 heteroatoms. The van der Waals surface area contributed by atoms with Crippen LogP contribution in [0.1, 0.15) is 35.0 Å². The molecule has 0 saturated carbocycles. The lowest BCUT2D eigenvalue weighted by molar-refractivity contribution is -0.140. The van der Waals surface area contributed by atoms with Crippen LogP contribution in [-0.4, -0.2) is 23.3 Å². The molecule has 3 rings (SSSR count). The second-order valence-corrected chi connectivity index (χ2v) is 7.79. The van der Waals surface area contributed by atoms with E-state index in [1.807, 2.05) is 31.2 Å². The van der Waals surface area contributed by atoms with Gasteiger partial charge in [0.05, 0.1) is 25.2 Å². The van der Waals surface area contributed by atoms with Gasteiger partial charge < -0.3 is 19.4 Å². The van der Waals surface area contributed by atoms with Gasteiger partial charge in [-0.3, -0.25) is 9.59 Å². The maximum absolute atomic E-state index is 12.4. The summed E-state index contributed by atoms with van der Waals surface area (Å²) in [6.45, 7) is 2.00. The highest BCUT2D eigenvalue weighted by atomic mass is 32.2. The van der Waals surface area contributed by atoms with Crippen molar-refractivity contribution in [3.05, 3.63) is 87.5 Å². The van der Waals surface area contributed by atoms with Crippen LogP contribution in [0.3, 0.4) is 0 Å². The summed E-state index contributed by atoms with van der Waals surface area (Å²) in [6.07, 6.45) is -0.133. The van der Waals surface area contributed by atoms with E-state index in [4.69, 9.17) is 9.15 Å². The Morgan fingerprint density at radius 1 is 1.13 bits per heavy atom. The summed E-state index contributed by atoms with van der Waals surface area (Å²) >= 11 is 1.51. The lowest BCUT2D eigenvalue weighted by atomic mass is 9.92. The molecule has 30 heavy (non-hydrogen) atoms. The van der Waals surface area contributed by atoms with Crippen molar-refractivity contribution < 1.29 is 24.2 Å². The van der Waals surface area contributed by atoms with Gasteiger partial charge in [-0.1, -0.05) is 30.3 Å². The lowest BCUT2D eigenvalue weighted by Crippen LogP contribution is -2.14. The van der Waals surface area contributed by atoms with Gasteiger partial charge in [-0.05, 0) is 36.2 Å². The van der Waals surface area contributed by atoms with Crippen LogP contribution in [0.2, 0.25) is 0 Å². The Morgan fingerprint density at radius 2 is 1.83 bits per heavy atom. The van der Waals surface area contributed by atoms with Crippen molar-refractivity contribution >= 4 is 17.7 Å². The molecule has 0 radical (unpaired) electrons. The molecule has 0 amide bonds. The van der Waals surface area contributed by atoms with Crippen LogP contribution < -0.4 is 5.43 Å². The number of thioether (sulfide) groups is 1. The number of phenols is 1. The van der Waals surface area contributed by atoms with Crippen molar-refractivity contribution in [2.45, 2.75) is 29.9 Å². The average Bonchev–Trinajstić information content (AvgIpc) is 2.74. The first kappa shape index (κ1) is 21.5. The predicted octanol–water partition coefficient (Wildman–Crippen LogP) is 4.35. The van der Waals surface area contributed by atoms with Crippen molar-refractivity contribution in [1.82, 2.24) is 0 Å². The maximum atomic E-state index is 12.4. The van der Waals surface area contributed by atoms with Crippen LogP contribution in [0.4, 0.5) is 0 Å². The number of ether oxygens (including phenoxy) is 1. The maximum Gasteiger partial charge on any atom is 0.306 e. The first-order valence-electron chi connectivity index (χ1n) is 9.29. The van der Waals surface area contributed by atoms with Crippen LogP contribution in [-0.2, 0) is 15.3 Å². The van der Waals surface area contributed by atoms with E-state index in [1.165, 1.54) is 37.1 Å². The Hall–Kier alpha value is -3.19. The van der Waals surface area contributed by atoms with Crippen molar-refractivity contribution in [2.75, 3.05) is 7.11 Å². The van der Waals surface area contributed by atoms with Gasteiger partial charge in [0.15, 0.2) is 5.76 Å². The molecule has 0 bridgehead atoms. The minimum Gasteiger partial charge on any atom is -0.508 e. The number of aryl methyl sites for hydroxylation is 1. The van der Waals surface area contributed by atoms with Crippen molar-refractivity contribution in [3.63, 3.8) is 0 Å². The number of hydrogen-bond donors (Lipinski definition) is 2. The SMILES string of the molecule is COC(=O)C[C@@H](c1ccc(O)cc1)c1oc(CSc2ccccc2C)cc(=O)c1O. The van der Waals surface area contributed by atoms with Gasteiger partial charge in [0.1, 0.15) is 11.5 Å². The third-order valence-electron chi connectivity index (χ3n) is 4.67. The van der Waals surface area contributed by atoms with E-state index in [0.29, 0.717) is 17.1 Å². The minimum absolute atomic E-state index is 0.000951. The first-order valence-corrected chi connectivity index (χ1v) is 10.3. The largest absolute Gasteiger partial charge is 0.508 e. The van der Waals surface area contributed by atoms with Crippen LogP contribution in [0.25, 0.3) is 0 Å². The molecule has 0 aliphatic rings. The van der Waals surface area contributed by atoms with Crippen molar-refractivity contribution in [1.29, 1.82) is 0 Å². The number of carbonyl (C=O) groups is 1. The number of benzene rings is 2. The monoisotopic (exact) mass is 426 g/mol. The van der Waals surface area contributed by atoms with E-state index in [2.05, 4.69) is 0 Å². The van der Waals surface area contributed by atoms with Gasteiger partial charge in [-0.15, -0.1) is 11.8 Å². The number of esters is 1. The zero-order valence-electron chi connectivity index (χ0n) is 16.6. The van der Waals surface area contributed by atoms with Gasteiger partial charge >= 0.3 is 5.97 Å². The molecule has 1 heterocycles. The number of phenolic OH excluding ortho intramolecular Hbond substituents is 1. The smallest absolute Gasteiger partial charge is 0.306 e.